The number of nitrogens with zero attached hydrogens (tertiary/aromatic N) is 4. The number of fused-ring (bicyclic) bond motifs is 12. The summed E-state index contributed by atoms with van der Waals surface area (Å²) >= 11 is 0. The first-order valence-corrected chi connectivity index (χ1v) is 43.2. The third-order valence-electron chi connectivity index (χ3n) is 27.9. The van der Waals surface area contributed by atoms with Crippen LogP contribution in [0.5, 0.6) is 0 Å². The van der Waals surface area contributed by atoms with E-state index < -0.39 is 0 Å². The van der Waals surface area contributed by atoms with E-state index in [0.29, 0.717) is 0 Å². The molecule has 5 heteroatoms. The molecule has 0 saturated heterocycles. The number of benzene rings is 15. The SMILES string of the molecule is CC(C)(C)c1cc(-c2ccc3c(c2)B2c4ccc(-n5c6ccccc6c6cc(-c7ccccc7)ccc65)cc4N(c4ccc(-c5ccc6c(c5)C(C)(C)CCC6(C)C)cc4)c4cc(-n5c6ccc(-c7ccccc7)cc6c6cc(-c7ccccc7)ccc65)cc(c42)N3c2ccc(-c3ccc4c(c3)C(C)(C)CCC4(C)C)cc2)cc(C(C)(C)C)c1. The van der Waals surface area contributed by atoms with Crippen LogP contribution in [-0.2, 0) is 32.5 Å². The zero-order chi connectivity index (χ0) is 81.6. The maximum absolute atomic E-state index is 2.66. The van der Waals surface area contributed by atoms with E-state index >= 15 is 0 Å². The first kappa shape index (κ1) is 74.1. The molecule has 0 atom stereocenters. The average molecular weight is 1540 g/mol. The van der Waals surface area contributed by atoms with Crippen LogP contribution in [0.25, 0.3) is 122 Å². The smallest absolute Gasteiger partial charge is 0.252 e. The van der Waals surface area contributed by atoms with E-state index in [2.05, 4.69) is 437 Å². The fourth-order valence-electron chi connectivity index (χ4n) is 20.8. The summed E-state index contributed by atoms with van der Waals surface area (Å²) < 4.78 is 5.11. The van der Waals surface area contributed by atoms with Gasteiger partial charge in [-0.2, -0.15) is 0 Å². The largest absolute Gasteiger partial charge is 0.311 e. The molecule has 119 heavy (non-hydrogen) atoms. The van der Waals surface area contributed by atoms with Crippen molar-refractivity contribution in [3.63, 3.8) is 0 Å². The zero-order valence-electron chi connectivity index (χ0n) is 71.3. The maximum atomic E-state index is 2.66. The van der Waals surface area contributed by atoms with Crippen molar-refractivity contribution in [1.29, 1.82) is 0 Å². The Labute approximate surface area is 703 Å². The lowest BCUT2D eigenvalue weighted by atomic mass is 9.33. The number of anilines is 6. The first-order chi connectivity index (χ1) is 57.2. The Morgan fingerprint density at radius 3 is 1.04 bits per heavy atom. The molecular formula is C114H103BN4. The highest BCUT2D eigenvalue weighted by Gasteiger charge is 2.46. The van der Waals surface area contributed by atoms with E-state index in [4.69, 9.17) is 0 Å². The number of aromatic nitrogens is 2. The highest BCUT2D eigenvalue weighted by atomic mass is 15.2. The minimum absolute atomic E-state index is 0.0552. The molecular weight excluding hydrogens is 1440 g/mol. The lowest BCUT2D eigenvalue weighted by Gasteiger charge is -2.45. The summed E-state index contributed by atoms with van der Waals surface area (Å²) in [6, 6.07) is 125. The monoisotopic (exact) mass is 1540 g/mol. The van der Waals surface area contributed by atoms with Gasteiger partial charge in [-0.15, -0.1) is 0 Å². The van der Waals surface area contributed by atoms with Crippen molar-refractivity contribution < 1.29 is 0 Å². The van der Waals surface area contributed by atoms with Crippen LogP contribution < -0.4 is 26.2 Å². The van der Waals surface area contributed by atoms with E-state index in [1.807, 2.05) is 0 Å². The molecule has 0 spiro atoms. The van der Waals surface area contributed by atoms with Crippen LogP contribution in [0.1, 0.15) is 156 Å². The van der Waals surface area contributed by atoms with Gasteiger partial charge in [0.15, 0.2) is 0 Å². The third-order valence-corrected chi connectivity index (χ3v) is 27.9. The fourth-order valence-corrected chi connectivity index (χ4v) is 20.8. The Morgan fingerprint density at radius 2 is 0.580 bits per heavy atom. The van der Waals surface area contributed by atoms with Crippen LogP contribution >= 0.6 is 0 Å². The van der Waals surface area contributed by atoms with Crippen molar-refractivity contribution in [3.8, 4) is 78.1 Å². The van der Waals surface area contributed by atoms with Crippen molar-refractivity contribution in [2.45, 2.75) is 155 Å². The molecule has 2 aromatic heterocycles. The van der Waals surface area contributed by atoms with E-state index in [1.165, 1.54) is 156 Å². The van der Waals surface area contributed by atoms with Crippen molar-refractivity contribution in [3.05, 3.63) is 355 Å². The minimum atomic E-state index is -0.232. The molecule has 17 aromatic rings. The molecule has 4 heterocycles. The number of rotatable bonds is 10. The Bertz CT molecular complexity index is 6840. The van der Waals surface area contributed by atoms with Crippen LogP contribution in [0.2, 0.25) is 0 Å². The predicted molar refractivity (Wildman–Crippen MR) is 510 cm³/mol. The Kier molecular flexibility index (Phi) is 16.9. The standard InChI is InChI=1S/C114H103BN4/c1-109(2,3)84-60-83(61-85(68-84)110(4,5)6)82-43-55-104-99(67-82)115-98-51-48-88(118-100-33-25-24-32-90(100)91-62-77(40-52-101(91)118)72-26-18-15-19-27-72)69-105(98)117(87-46-36-76(37-47-87)81-39-50-95-97(66-81)114(13,14)59-57-112(95,9)10)107-71-89(70-106(108(107)115)116(104)86-44-34-75(35-45-86)80-38-49-94-96(65-80)113(11,12)58-56-111(94,7)8)119-102-53-41-78(73-28-20-16-21-29-73)63-92(102)93-64-79(42-54-103(93)119)74-30-22-17-23-31-74/h15-55,60-71H,56-59H2,1-14H3. The predicted octanol–water partition coefficient (Wildman–Crippen LogP) is 29.3. The van der Waals surface area contributed by atoms with Gasteiger partial charge in [0.25, 0.3) is 6.71 Å². The lowest BCUT2D eigenvalue weighted by Crippen LogP contribution is -2.61. The van der Waals surface area contributed by atoms with Crippen molar-refractivity contribution in [2.75, 3.05) is 9.80 Å². The zero-order valence-corrected chi connectivity index (χ0v) is 71.3. The van der Waals surface area contributed by atoms with E-state index in [0.717, 1.165) is 74.9 Å². The number of para-hydroxylation sites is 1. The molecule has 2 aliphatic carbocycles. The van der Waals surface area contributed by atoms with Gasteiger partial charge in [-0.3, -0.25) is 0 Å². The number of hydrogen-bond donors (Lipinski definition) is 0. The van der Waals surface area contributed by atoms with Crippen LogP contribution in [0.3, 0.4) is 0 Å². The molecule has 4 aliphatic rings. The summed E-state index contributed by atoms with van der Waals surface area (Å²) in [6.45, 7) is 33.5. The molecule has 2 aliphatic heterocycles. The fraction of sp³-hybridized carbons (Fsp3) is 0.211. The Hall–Kier alpha value is -12.4. The third kappa shape index (κ3) is 12.3. The summed E-state index contributed by atoms with van der Waals surface area (Å²) in [5, 5.41) is 4.85. The van der Waals surface area contributed by atoms with Crippen molar-refractivity contribution in [2.24, 2.45) is 0 Å². The van der Waals surface area contributed by atoms with E-state index in [1.54, 1.807) is 0 Å². The van der Waals surface area contributed by atoms with Crippen LogP contribution in [0.15, 0.2) is 322 Å². The molecule has 15 aromatic carbocycles. The van der Waals surface area contributed by atoms with Gasteiger partial charge in [0.1, 0.15) is 0 Å². The van der Waals surface area contributed by atoms with Gasteiger partial charge in [-0.25, -0.2) is 0 Å². The van der Waals surface area contributed by atoms with Gasteiger partial charge >= 0.3 is 0 Å². The quantitative estimate of drug-likeness (QED) is 0.127. The first-order valence-electron chi connectivity index (χ1n) is 43.2. The normalized spacial score (nSPS) is 15.6. The molecule has 21 rings (SSSR count). The second-order valence-electron chi connectivity index (χ2n) is 39.4. The van der Waals surface area contributed by atoms with Gasteiger partial charge in [0, 0.05) is 61.4 Å². The van der Waals surface area contributed by atoms with Crippen LogP contribution in [0.4, 0.5) is 34.1 Å². The van der Waals surface area contributed by atoms with Gasteiger partial charge in [0.2, 0.25) is 0 Å². The summed E-state index contributed by atoms with van der Waals surface area (Å²) in [4.78, 5) is 5.30. The second-order valence-corrected chi connectivity index (χ2v) is 39.4. The highest BCUT2D eigenvalue weighted by molar-refractivity contribution is 7.00. The minimum Gasteiger partial charge on any atom is -0.311 e. The Balaban J connectivity index is 0.861. The lowest BCUT2D eigenvalue weighted by molar-refractivity contribution is 0.332. The van der Waals surface area contributed by atoms with Gasteiger partial charge in [0.05, 0.1) is 27.8 Å². The second kappa shape index (κ2) is 27.1. The molecule has 0 bridgehead atoms. The molecule has 0 radical (unpaired) electrons. The van der Waals surface area contributed by atoms with E-state index in [9.17, 15) is 0 Å². The molecule has 0 amide bonds. The summed E-state index contributed by atoms with van der Waals surface area (Å²) in [5.41, 5.74) is 40.5. The maximum Gasteiger partial charge on any atom is 0.252 e. The molecule has 0 N–H and O–H groups in total. The van der Waals surface area contributed by atoms with Gasteiger partial charge < -0.3 is 18.9 Å². The average Bonchev–Trinajstić information content (AvgIpc) is 1.49. The van der Waals surface area contributed by atoms with Crippen molar-refractivity contribution >= 4 is 101 Å². The Morgan fingerprint density at radius 1 is 0.235 bits per heavy atom. The molecule has 0 saturated carbocycles. The summed E-state index contributed by atoms with van der Waals surface area (Å²) in [5.74, 6) is 0. The van der Waals surface area contributed by atoms with Gasteiger partial charge in [-0.05, 0) is 272 Å². The van der Waals surface area contributed by atoms with Gasteiger partial charge in [-0.1, -0.05) is 321 Å². The summed E-state index contributed by atoms with van der Waals surface area (Å²) in [7, 11) is 0. The van der Waals surface area contributed by atoms with E-state index in [-0.39, 0.29) is 39.2 Å². The molecule has 0 unspecified atom stereocenters. The topological polar surface area (TPSA) is 16.3 Å². The van der Waals surface area contributed by atoms with Crippen LogP contribution in [0, 0.1) is 0 Å². The highest BCUT2D eigenvalue weighted by Crippen LogP contribution is 2.53. The van der Waals surface area contributed by atoms with Crippen LogP contribution in [-0.4, -0.2) is 15.8 Å². The molecule has 0 fully saturated rings. The molecule has 4 nitrogen and oxygen atoms in total. The summed E-state index contributed by atoms with van der Waals surface area (Å²) in [6.07, 6.45) is 4.66. The van der Waals surface area contributed by atoms with Crippen molar-refractivity contribution in [1.82, 2.24) is 9.13 Å². The molecule has 582 valence electrons. The number of hydrogen-bond acceptors (Lipinski definition) is 2.